The number of para-hydroxylation sites is 1. The molecule has 0 bridgehead atoms. The molecule has 3 aromatic carbocycles. The van der Waals surface area contributed by atoms with Crippen LogP contribution in [0.25, 0.3) is 28.0 Å². The van der Waals surface area contributed by atoms with E-state index in [9.17, 15) is 9.18 Å². The lowest BCUT2D eigenvalue weighted by Gasteiger charge is -2.12. The molecule has 0 saturated carbocycles. The molecule has 0 atom stereocenters. The summed E-state index contributed by atoms with van der Waals surface area (Å²) >= 11 is 1.31. The van der Waals surface area contributed by atoms with Crippen molar-refractivity contribution < 1.29 is 8.91 Å². The minimum Gasteiger partial charge on any atom is -0.334 e. The number of benzene rings is 3. The number of thioether (sulfide) groups is 1. The number of aromatic nitrogens is 4. The molecular weight excluding hydrogens is 415 g/mol. The average Bonchev–Trinajstić information content (AvgIpc) is 3.28. The van der Waals surface area contributed by atoms with Gasteiger partial charge in [0.05, 0.1) is 22.3 Å². The Kier molecular flexibility index (Phi) is 5.05. The van der Waals surface area contributed by atoms with E-state index in [0.717, 1.165) is 5.56 Å². The van der Waals surface area contributed by atoms with Gasteiger partial charge in [0.1, 0.15) is 5.82 Å². The van der Waals surface area contributed by atoms with Gasteiger partial charge in [-0.3, -0.25) is 9.36 Å². The van der Waals surface area contributed by atoms with E-state index in [1.807, 2.05) is 36.4 Å². The van der Waals surface area contributed by atoms with Crippen molar-refractivity contribution in [1.29, 1.82) is 0 Å². The minimum absolute atomic E-state index is 0.224. The van der Waals surface area contributed by atoms with Crippen molar-refractivity contribution in [2.24, 2.45) is 0 Å². The quantitative estimate of drug-likeness (QED) is 0.293. The lowest BCUT2D eigenvalue weighted by atomic mass is 10.2. The SMILES string of the molecule is O=c1c2ccccc2nc(SCc2noc(-c3ccccc3)n2)n1-c1ccc(F)cc1. The van der Waals surface area contributed by atoms with Gasteiger partial charge in [0.15, 0.2) is 11.0 Å². The largest absolute Gasteiger partial charge is 0.334 e. The molecule has 2 heterocycles. The second-order valence-corrected chi connectivity index (χ2v) is 7.64. The first kappa shape index (κ1) is 19.2. The van der Waals surface area contributed by atoms with Gasteiger partial charge in [-0.25, -0.2) is 9.37 Å². The van der Waals surface area contributed by atoms with Crippen LogP contribution in [0.1, 0.15) is 5.82 Å². The maximum Gasteiger partial charge on any atom is 0.266 e. The van der Waals surface area contributed by atoms with E-state index in [2.05, 4.69) is 15.1 Å². The van der Waals surface area contributed by atoms with Gasteiger partial charge in [-0.2, -0.15) is 4.98 Å². The number of hydrogen-bond donors (Lipinski definition) is 0. The van der Waals surface area contributed by atoms with Crippen LogP contribution in [0.2, 0.25) is 0 Å². The molecule has 31 heavy (non-hydrogen) atoms. The first-order valence-electron chi connectivity index (χ1n) is 9.47. The van der Waals surface area contributed by atoms with Crippen molar-refractivity contribution in [3.8, 4) is 17.1 Å². The van der Waals surface area contributed by atoms with Crippen LogP contribution in [0, 0.1) is 5.82 Å². The summed E-state index contributed by atoms with van der Waals surface area (Å²) in [6.45, 7) is 0. The van der Waals surface area contributed by atoms with Crippen molar-refractivity contribution in [2.75, 3.05) is 0 Å². The zero-order valence-electron chi connectivity index (χ0n) is 16.1. The molecule has 0 aliphatic heterocycles. The van der Waals surface area contributed by atoms with Gasteiger partial charge in [-0.05, 0) is 48.5 Å². The van der Waals surface area contributed by atoms with E-state index in [1.165, 1.54) is 28.5 Å². The molecule has 0 aliphatic rings. The minimum atomic E-state index is -0.375. The first-order valence-corrected chi connectivity index (χ1v) is 10.5. The van der Waals surface area contributed by atoms with Crippen LogP contribution in [-0.2, 0) is 5.75 Å². The van der Waals surface area contributed by atoms with Crippen LogP contribution in [0.15, 0.2) is 93.3 Å². The molecule has 0 spiro atoms. The maximum absolute atomic E-state index is 13.4. The second kappa shape index (κ2) is 8.16. The number of halogens is 1. The molecule has 8 heteroatoms. The van der Waals surface area contributed by atoms with Gasteiger partial charge >= 0.3 is 0 Å². The van der Waals surface area contributed by atoms with Crippen LogP contribution < -0.4 is 5.56 Å². The predicted octanol–water partition coefficient (Wildman–Crippen LogP) is 4.87. The standard InChI is InChI=1S/C23H15FN4O2S/c24-16-10-12-17(13-11-16)28-22(29)18-8-4-5-9-19(18)25-23(28)31-14-20-26-21(30-27-20)15-6-2-1-3-7-15/h1-13H,14H2. The molecular formula is C23H15FN4O2S. The summed E-state index contributed by atoms with van der Waals surface area (Å²) < 4.78 is 20.3. The van der Waals surface area contributed by atoms with E-state index in [-0.39, 0.29) is 11.4 Å². The molecule has 0 unspecified atom stereocenters. The molecule has 0 radical (unpaired) electrons. The third-order valence-corrected chi connectivity index (χ3v) is 5.58. The van der Waals surface area contributed by atoms with E-state index in [1.54, 1.807) is 30.3 Å². The number of nitrogens with zero attached hydrogens (tertiary/aromatic N) is 4. The zero-order chi connectivity index (χ0) is 21.2. The van der Waals surface area contributed by atoms with Crippen LogP contribution in [-0.4, -0.2) is 19.7 Å². The highest BCUT2D eigenvalue weighted by Gasteiger charge is 2.15. The summed E-state index contributed by atoms with van der Waals surface area (Å²) in [5.41, 5.74) is 1.73. The Morgan fingerprint density at radius 3 is 2.45 bits per heavy atom. The van der Waals surface area contributed by atoms with E-state index >= 15 is 0 Å². The highest BCUT2D eigenvalue weighted by Crippen LogP contribution is 2.25. The Bertz CT molecular complexity index is 1420. The number of fused-ring (bicyclic) bond motifs is 1. The predicted molar refractivity (Wildman–Crippen MR) is 117 cm³/mol. The normalized spacial score (nSPS) is 11.1. The van der Waals surface area contributed by atoms with Crippen molar-refractivity contribution >= 4 is 22.7 Å². The molecule has 0 amide bonds. The summed E-state index contributed by atoms with van der Waals surface area (Å²) in [4.78, 5) is 22.3. The van der Waals surface area contributed by atoms with E-state index in [0.29, 0.717) is 39.2 Å². The highest BCUT2D eigenvalue weighted by molar-refractivity contribution is 7.98. The van der Waals surface area contributed by atoms with Crippen molar-refractivity contribution in [3.05, 3.63) is 101 Å². The third kappa shape index (κ3) is 3.85. The van der Waals surface area contributed by atoms with Gasteiger partial charge in [0.25, 0.3) is 11.4 Å². The lowest BCUT2D eigenvalue weighted by molar-refractivity contribution is 0.425. The average molecular weight is 430 g/mol. The second-order valence-electron chi connectivity index (χ2n) is 6.70. The molecule has 2 aromatic heterocycles. The van der Waals surface area contributed by atoms with Gasteiger partial charge in [-0.15, -0.1) is 0 Å². The molecule has 0 fully saturated rings. The Morgan fingerprint density at radius 2 is 1.65 bits per heavy atom. The zero-order valence-corrected chi connectivity index (χ0v) is 16.9. The van der Waals surface area contributed by atoms with E-state index in [4.69, 9.17) is 4.52 Å². The fourth-order valence-electron chi connectivity index (χ4n) is 3.17. The fraction of sp³-hybridized carbons (Fsp3) is 0.0435. The maximum atomic E-state index is 13.4. The van der Waals surface area contributed by atoms with Gasteiger partial charge < -0.3 is 4.52 Å². The Morgan fingerprint density at radius 1 is 0.903 bits per heavy atom. The first-order chi connectivity index (χ1) is 15.2. The van der Waals surface area contributed by atoms with Crippen molar-refractivity contribution in [2.45, 2.75) is 10.9 Å². The molecule has 152 valence electrons. The fourth-order valence-corrected chi connectivity index (χ4v) is 4.02. The van der Waals surface area contributed by atoms with Crippen LogP contribution in [0.4, 0.5) is 4.39 Å². The topological polar surface area (TPSA) is 73.8 Å². The van der Waals surface area contributed by atoms with Crippen molar-refractivity contribution in [1.82, 2.24) is 19.7 Å². The highest BCUT2D eigenvalue weighted by atomic mass is 32.2. The molecule has 0 N–H and O–H groups in total. The van der Waals surface area contributed by atoms with Crippen LogP contribution >= 0.6 is 11.8 Å². The lowest BCUT2D eigenvalue weighted by Crippen LogP contribution is -2.21. The van der Waals surface area contributed by atoms with E-state index < -0.39 is 0 Å². The molecule has 5 aromatic rings. The molecule has 0 saturated heterocycles. The molecule has 5 rings (SSSR count). The molecule has 6 nitrogen and oxygen atoms in total. The smallest absolute Gasteiger partial charge is 0.266 e. The van der Waals surface area contributed by atoms with Gasteiger partial charge in [-0.1, -0.05) is 47.3 Å². The summed E-state index contributed by atoms with van der Waals surface area (Å²) in [5.74, 6) is 0.887. The van der Waals surface area contributed by atoms with Crippen molar-refractivity contribution in [3.63, 3.8) is 0 Å². The third-order valence-electron chi connectivity index (χ3n) is 4.65. The summed E-state index contributed by atoms with van der Waals surface area (Å²) in [7, 11) is 0. The Hall–Kier alpha value is -3.78. The number of rotatable bonds is 5. The summed E-state index contributed by atoms with van der Waals surface area (Å²) in [6.07, 6.45) is 0. The molecule has 0 aliphatic carbocycles. The Balaban J connectivity index is 1.52. The van der Waals surface area contributed by atoms with Gasteiger partial charge in [0, 0.05) is 5.56 Å². The Labute approximate surface area is 180 Å². The summed E-state index contributed by atoms with van der Waals surface area (Å²) in [5, 5.41) is 4.98. The van der Waals surface area contributed by atoms with Gasteiger partial charge in [0.2, 0.25) is 0 Å². The summed E-state index contributed by atoms with van der Waals surface area (Å²) in [6, 6.07) is 22.4. The number of hydrogen-bond acceptors (Lipinski definition) is 6. The monoisotopic (exact) mass is 430 g/mol. The van der Waals surface area contributed by atoms with Crippen LogP contribution in [0.5, 0.6) is 0 Å². The van der Waals surface area contributed by atoms with Crippen LogP contribution in [0.3, 0.4) is 0 Å².